The molecule has 0 atom stereocenters. The van der Waals surface area contributed by atoms with Crippen molar-refractivity contribution in [2.75, 3.05) is 11.9 Å². The quantitative estimate of drug-likeness (QED) is 0.894. The Bertz CT molecular complexity index is 612. The highest BCUT2D eigenvalue weighted by molar-refractivity contribution is 9.10. The molecule has 2 N–H and O–H groups in total. The van der Waals surface area contributed by atoms with Gasteiger partial charge in [-0.1, -0.05) is 15.9 Å². The molecule has 0 aliphatic carbocycles. The van der Waals surface area contributed by atoms with Gasteiger partial charge in [0.15, 0.2) is 0 Å². The second-order valence-electron chi connectivity index (χ2n) is 4.66. The van der Waals surface area contributed by atoms with Crippen LogP contribution >= 0.6 is 15.9 Å². The van der Waals surface area contributed by atoms with Crippen LogP contribution in [0.2, 0.25) is 0 Å². The summed E-state index contributed by atoms with van der Waals surface area (Å²) < 4.78 is 1.09. The van der Waals surface area contributed by atoms with E-state index in [1.54, 1.807) is 6.33 Å². The Kier molecular flexibility index (Phi) is 3.48. The van der Waals surface area contributed by atoms with Gasteiger partial charge in [0.05, 0.1) is 5.69 Å². The second-order valence-corrected chi connectivity index (χ2v) is 5.57. The van der Waals surface area contributed by atoms with Crippen LogP contribution < -0.4 is 10.6 Å². The molecule has 0 saturated carbocycles. The summed E-state index contributed by atoms with van der Waals surface area (Å²) in [7, 11) is 0. The molecule has 0 unspecified atom stereocenters. The SMILES string of the molecule is Cc1cc(Br)ccc1Nc1ncnc2c1CNCC2. The van der Waals surface area contributed by atoms with E-state index in [0.29, 0.717) is 0 Å². The van der Waals surface area contributed by atoms with Crippen LogP contribution in [0.1, 0.15) is 16.8 Å². The first-order valence-electron chi connectivity index (χ1n) is 6.30. The van der Waals surface area contributed by atoms with E-state index in [0.717, 1.165) is 41.2 Å². The van der Waals surface area contributed by atoms with E-state index in [1.807, 2.05) is 6.07 Å². The average molecular weight is 319 g/mol. The molecule has 98 valence electrons. The Morgan fingerprint density at radius 2 is 2.21 bits per heavy atom. The smallest absolute Gasteiger partial charge is 0.138 e. The van der Waals surface area contributed by atoms with Gasteiger partial charge >= 0.3 is 0 Å². The number of nitrogens with one attached hydrogen (secondary N) is 2. The van der Waals surface area contributed by atoms with Crippen LogP contribution in [0.4, 0.5) is 11.5 Å². The molecule has 1 aromatic heterocycles. The number of aryl methyl sites for hydroxylation is 1. The fourth-order valence-electron chi connectivity index (χ4n) is 2.27. The van der Waals surface area contributed by atoms with Crippen LogP contribution in [0.25, 0.3) is 0 Å². The monoisotopic (exact) mass is 318 g/mol. The van der Waals surface area contributed by atoms with Gasteiger partial charge in [-0.05, 0) is 30.7 Å². The van der Waals surface area contributed by atoms with Gasteiger partial charge < -0.3 is 10.6 Å². The molecule has 4 nitrogen and oxygen atoms in total. The average Bonchev–Trinajstić information content (AvgIpc) is 2.42. The van der Waals surface area contributed by atoms with Gasteiger partial charge in [0.2, 0.25) is 0 Å². The highest BCUT2D eigenvalue weighted by Crippen LogP contribution is 2.26. The molecule has 0 spiro atoms. The molecule has 1 aromatic carbocycles. The lowest BCUT2D eigenvalue weighted by Crippen LogP contribution is -2.25. The third kappa shape index (κ3) is 2.62. The maximum atomic E-state index is 4.38. The summed E-state index contributed by atoms with van der Waals surface area (Å²) in [4.78, 5) is 8.74. The van der Waals surface area contributed by atoms with E-state index in [1.165, 1.54) is 11.1 Å². The maximum Gasteiger partial charge on any atom is 0.138 e. The topological polar surface area (TPSA) is 49.8 Å². The van der Waals surface area contributed by atoms with Crippen LogP contribution in [0, 0.1) is 6.92 Å². The van der Waals surface area contributed by atoms with Crippen LogP contribution in [-0.2, 0) is 13.0 Å². The third-order valence-corrected chi connectivity index (χ3v) is 3.81. The number of rotatable bonds is 2. The molecular weight excluding hydrogens is 304 g/mol. The predicted octanol–water partition coefficient (Wildman–Crippen LogP) is 2.94. The van der Waals surface area contributed by atoms with Crippen molar-refractivity contribution in [2.45, 2.75) is 19.9 Å². The van der Waals surface area contributed by atoms with Gasteiger partial charge in [0.1, 0.15) is 12.1 Å². The molecule has 0 radical (unpaired) electrons. The van der Waals surface area contributed by atoms with Gasteiger partial charge in [-0.25, -0.2) is 9.97 Å². The molecule has 0 fully saturated rings. The minimum absolute atomic E-state index is 0.827. The lowest BCUT2D eigenvalue weighted by Gasteiger charge is -2.19. The number of halogens is 1. The highest BCUT2D eigenvalue weighted by Gasteiger charge is 2.15. The van der Waals surface area contributed by atoms with E-state index in [2.05, 4.69) is 55.6 Å². The number of nitrogens with zero attached hydrogens (tertiary/aromatic N) is 2. The molecule has 2 heterocycles. The number of anilines is 2. The van der Waals surface area contributed by atoms with E-state index >= 15 is 0 Å². The fraction of sp³-hybridized carbons (Fsp3) is 0.286. The first kappa shape index (κ1) is 12.6. The van der Waals surface area contributed by atoms with Crippen molar-refractivity contribution < 1.29 is 0 Å². The Balaban J connectivity index is 1.95. The normalized spacial score (nSPS) is 14.0. The second kappa shape index (κ2) is 5.27. The standard InChI is InChI=1S/C14H15BrN4/c1-9-6-10(15)2-3-12(9)19-14-11-7-16-5-4-13(11)17-8-18-14/h2-3,6,8,16H,4-5,7H2,1H3,(H,17,18,19). The summed E-state index contributed by atoms with van der Waals surface area (Å²) in [5.74, 6) is 0.905. The molecule has 0 amide bonds. The molecule has 2 aromatic rings. The molecule has 19 heavy (non-hydrogen) atoms. The zero-order valence-electron chi connectivity index (χ0n) is 10.7. The predicted molar refractivity (Wildman–Crippen MR) is 79.6 cm³/mol. The van der Waals surface area contributed by atoms with Crippen LogP contribution in [-0.4, -0.2) is 16.5 Å². The third-order valence-electron chi connectivity index (χ3n) is 3.32. The first-order valence-corrected chi connectivity index (χ1v) is 7.10. The summed E-state index contributed by atoms with van der Waals surface area (Å²) in [5, 5.41) is 6.78. The van der Waals surface area contributed by atoms with Crippen molar-refractivity contribution in [1.82, 2.24) is 15.3 Å². The number of benzene rings is 1. The summed E-state index contributed by atoms with van der Waals surface area (Å²) in [5.41, 5.74) is 4.59. The van der Waals surface area contributed by atoms with E-state index < -0.39 is 0 Å². The Hall–Kier alpha value is -1.46. The highest BCUT2D eigenvalue weighted by atomic mass is 79.9. The van der Waals surface area contributed by atoms with Crippen molar-refractivity contribution in [3.8, 4) is 0 Å². The Labute approximate surface area is 120 Å². The maximum absolute atomic E-state index is 4.38. The van der Waals surface area contributed by atoms with Crippen molar-refractivity contribution in [1.29, 1.82) is 0 Å². The van der Waals surface area contributed by atoms with Crippen molar-refractivity contribution in [3.05, 3.63) is 45.8 Å². The van der Waals surface area contributed by atoms with E-state index in [9.17, 15) is 0 Å². The minimum atomic E-state index is 0.827. The number of aromatic nitrogens is 2. The lowest BCUT2D eigenvalue weighted by molar-refractivity contribution is 0.627. The summed E-state index contributed by atoms with van der Waals surface area (Å²) in [6.07, 6.45) is 2.60. The Morgan fingerprint density at radius 1 is 1.32 bits per heavy atom. The number of fused-ring (bicyclic) bond motifs is 1. The summed E-state index contributed by atoms with van der Waals surface area (Å²) in [6, 6.07) is 6.18. The van der Waals surface area contributed by atoms with E-state index in [-0.39, 0.29) is 0 Å². The van der Waals surface area contributed by atoms with Crippen LogP contribution in [0.15, 0.2) is 29.0 Å². The molecule has 1 aliphatic heterocycles. The van der Waals surface area contributed by atoms with Crippen LogP contribution in [0.5, 0.6) is 0 Å². The van der Waals surface area contributed by atoms with Gasteiger partial charge in [0, 0.05) is 35.2 Å². The van der Waals surface area contributed by atoms with Crippen LogP contribution in [0.3, 0.4) is 0 Å². The number of hydrogen-bond acceptors (Lipinski definition) is 4. The molecule has 0 bridgehead atoms. The Morgan fingerprint density at radius 3 is 3.05 bits per heavy atom. The largest absolute Gasteiger partial charge is 0.340 e. The van der Waals surface area contributed by atoms with Crippen molar-refractivity contribution in [2.24, 2.45) is 0 Å². The van der Waals surface area contributed by atoms with Crippen molar-refractivity contribution in [3.63, 3.8) is 0 Å². The number of hydrogen-bond donors (Lipinski definition) is 2. The molecule has 3 rings (SSSR count). The van der Waals surface area contributed by atoms with Gasteiger partial charge in [-0.15, -0.1) is 0 Å². The zero-order valence-corrected chi connectivity index (χ0v) is 12.3. The first-order chi connectivity index (χ1) is 9.24. The lowest BCUT2D eigenvalue weighted by atomic mass is 10.1. The molecule has 0 saturated heterocycles. The molecule has 5 heteroatoms. The molecule has 1 aliphatic rings. The molecular formula is C14H15BrN4. The van der Waals surface area contributed by atoms with Gasteiger partial charge in [-0.3, -0.25) is 0 Å². The van der Waals surface area contributed by atoms with Gasteiger partial charge in [0.25, 0.3) is 0 Å². The zero-order chi connectivity index (χ0) is 13.2. The fourth-order valence-corrected chi connectivity index (χ4v) is 2.75. The van der Waals surface area contributed by atoms with Crippen molar-refractivity contribution >= 4 is 27.4 Å². The van der Waals surface area contributed by atoms with Gasteiger partial charge in [-0.2, -0.15) is 0 Å². The summed E-state index contributed by atoms with van der Waals surface area (Å²) >= 11 is 3.48. The summed E-state index contributed by atoms with van der Waals surface area (Å²) in [6.45, 7) is 3.90. The minimum Gasteiger partial charge on any atom is -0.340 e. The van der Waals surface area contributed by atoms with E-state index in [4.69, 9.17) is 0 Å².